The van der Waals surface area contributed by atoms with E-state index in [-0.39, 0.29) is 12.6 Å². The molecule has 1 N–H and O–H groups in total. The number of hydrogen-bond donors (Lipinski definition) is 1. The predicted octanol–water partition coefficient (Wildman–Crippen LogP) is 1.97. The Labute approximate surface area is 128 Å². The van der Waals surface area contributed by atoms with Crippen LogP contribution in [0.5, 0.6) is 5.75 Å². The molecule has 116 valence electrons. The van der Waals surface area contributed by atoms with Crippen molar-refractivity contribution in [3.8, 4) is 11.8 Å². The number of cyclic esters (lactones) is 1. The summed E-state index contributed by atoms with van der Waals surface area (Å²) in [5, 5.41) is 19.9. The third-order valence-corrected chi connectivity index (χ3v) is 4.28. The Hall–Kier alpha value is -2.26. The lowest BCUT2D eigenvalue weighted by molar-refractivity contribution is -0.0869. The molecule has 3 atom stereocenters. The Morgan fingerprint density at radius 2 is 2.18 bits per heavy atom. The van der Waals surface area contributed by atoms with Gasteiger partial charge in [-0.05, 0) is 39.0 Å². The molecule has 1 aromatic carbocycles. The smallest absolute Gasteiger partial charge is 0.410 e. The molecule has 0 aliphatic carbocycles. The van der Waals surface area contributed by atoms with Crippen molar-refractivity contribution in [3.63, 3.8) is 0 Å². The maximum atomic E-state index is 12.1. The first-order valence-electron chi connectivity index (χ1n) is 7.21. The number of benzene rings is 1. The summed E-state index contributed by atoms with van der Waals surface area (Å²) in [4.78, 5) is 13.6. The minimum atomic E-state index is -0.929. The van der Waals surface area contributed by atoms with Crippen LogP contribution in [0, 0.1) is 11.3 Å². The summed E-state index contributed by atoms with van der Waals surface area (Å²) in [6.07, 6.45) is -1.38. The van der Waals surface area contributed by atoms with Gasteiger partial charge in [-0.2, -0.15) is 5.26 Å². The molecule has 6 nitrogen and oxygen atoms in total. The van der Waals surface area contributed by atoms with Gasteiger partial charge >= 0.3 is 6.09 Å². The molecule has 2 aliphatic rings. The van der Waals surface area contributed by atoms with Gasteiger partial charge < -0.3 is 14.6 Å². The average molecular weight is 302 g/mol. The van der Waals surface area contributed by atoms with Gasteiger partial charge in [-0.3, -0.25) is 4.90 Å². The fourth-order valence-corrected chi connectivity index (χ4v) is 3.05. The van der Waals surface area contributed by atoms with Gasteiger partial charge in [-0.25, -0.2) is 4.79 Å². The summed E-state index contributed by atoms with van der Waals surface area (Å²) in [7, 11) is 0. The summed E-state index contributed by atoms with van der Waals surface area (Å²) in [5.41, 5.74) is 0.241. The number of fused-ring (bicyclic) bond motifs is 1. The Balaban J connectivity index is 2.15. The van der Waals surface area contributed by atoms with Crippen molar-refractivity contribution in [1.82, 2.24) is 4.90 Å². The summed E-state index contributed by atoms with van der Waals surface area (Å²) < 4.78 is 10.9. The number of carbonyl (C=O) groups excluding carboxylic acids is 1. The lowest BCUT2D eigenvalue weighted by Gasteiger charge is -2.45. The summed E-state index contributed by atoms with van der Waals surface area (Å²) >= 11 is 0. The molecule has 0 radical (unpaired) electrons. The molecule has 6 heteroatoms. The molecule has 0 aromatic heterocycles. The normalized spacial score (nSPS) is 29.3. The highest BCUT2D eigenvalue weighted by atomic mass is 16.6. The van der Waals surface area contributed by atoms with E-state index in [2.05, 4.69) is 6.07 Å². The second-order valence-corrected chi connectivity index (χ2v) is 6.29. The van der Waals surface area contributed by atoms with Gasteiger partial charge in [0.05, 0.1) is 23.7 Å². The highest BCUT2D eigenvalue weighted by Crippen LogP contribution is 2.44. The minimum Gasteiger partial charge on any atom is -0.485 e. The number of nitriles is 1. The van der Waals surface area contributed by atoms with Crippen LogP contribution < -0.4 is 4.74 Å². The molecule has 3 rings (SSSR count). The second-order valence-electron chi connectivity index (χ2n) is 6.29. The molecule has 0 saturated carbocycles. The molecule has 1 saturated heterocycles. The molecule has 0 spiro atoms. The van der Waals surface area contributed by atoms with Gasteiger partial charge in [0.1, 0.15) is 24.1 Å². The van der Waals surface area contributed by atoms with Crippen LogP contribution in [0.1, 0.15) is 37.9 Å². The van der Waals surface area contributed by atoms with E-state index < -0.39 is 23.8 Å². The fraction of sp³-hybridized carbons (Fsp3) is 0.500. The first kappa shape index (κ1) is 14.7. The van der Waals surface area contributed by atoms with E-state index in [1.807, 2.05) is 6.92 Å². The van der Waals surface area contributed by atoms with Gasteiger partial charge in [-0.1, -0.05) is 0 Å². The van der Waals surface area contributed by atoms with E-state index in [1.165, 1.54) is 4.90 Å². The number of nitrogens with zero attached hydrogens (tertiary/aromatic N) is 2. The standard InChI is InChI=1S/C16H18N2O4/c1-9-8-21-15(20)18(9)13-11-6-10(7-17)4-5-12(11)22-16(2,3)14(13)19/h4-6,9,13-14,19H,8H2,1-3H3/t9-,13+,14-/m1/s1. The quantitative estimate of drug-likeness (QED) is 0.857. The third-order valence-electron chi connectivity index (χ3n) is 4.28. The van der Waals surface area contributed by atoms with E-state index in [9.17, 15) is 9.90 Å². The zero-order valence-corrected chi connectivity index (χ0v) is 12.7. The topological polar surface area (TPSA) is 82.8 Å². The molecule has 1 fully saturated rings. The van der Waals surface area contributed by atoms with Crippen molar-refractivity contribution in [2.45, 2.75) is 44.6 Å². The maximum absolute atomic E-state index is 12.1. The number of rotatable bonds is 1. The van der Waals surface area contributed by atoms with Crippen LogP contribution >= 0.6 is 0 Å². The van der Waals surface area contributed by atoms with Crippen molar-refractivity contribution >= 4 is 6.09 Å². The highest BCUT2D eigenvalue weighted by Gasteiger charge is 2.50. The molecule has 2 heterocycles. The van der Waals surface area contributed by atoms with Crippen molar-refractivity contribution < 1.29 is 19.4 Å². The summed E-state index contributed by atoms with van der Waals surface area (Å²) in [6.45, 7) is 5.71. The van der Waals surface area contributed by atoms with E-state index >= 15 is 0 Å². The largest absolute Gasteiger partial charge is 0.485 e. The number of amides is 1. The Morgan fingerprint density at radius 3 is 2.77 bits per heavy atom. The molecule has 1 aromatic rings. The molecule has 22 heavy (non-hydrogen) atoms. The average Bonchev–Trinajstić information content (AvgIpc) is 2.80. The summed E-state index contributed by atoms with van der Waals surface area (Å²) in [5.74, 6) is 0.575. The van der Waals surface area contributed by atoms with Crippen molar-refractivity contribution in [2.75, 3.05) is 6.61 Å². The van der Waals surface area contributed by atoms with Crippen molar-refractivity contribution in [3.05, 3.63) is 29.3 Å². The van der Waals surface area contributed by atoms with Gasteiger partial charge in [-0.15, -0.1) is 0 Å². The number of aliphatic hydroxyl groups excluding tert-OH is 1. The van der Waals surface area contributed by atoms with E-state index in [4.69, 9.17) is 14.7 Å². The van der Waals surface area contributed by atoms with Gasteiger partial charge in [0.25, 0.3) is 0 Å². The Kier molecular flexibility index (Phi) is 3.26. The molecular weight excluding hydrogens is 284 g/mol. The van der Waals surface area contributed by atoms with Gasteiger partial charge in [0.2, 0.25) is 0 Å². The van der Waals surface area contributed by atoms with Crippen LogP contribution in [0.2, 0.25) is 0 Å². The SMILES string of the molecule is C[C@@H]1COC(=O)N1[C@H]1c2cc(C#N)ccc2OC(C)(C)[C@@H]1O. The number of aliphatic hydroxyl groups is 1. The Morgan fingerprint density at radius 1 is 1.45 bits per heavy atom. The monoisotopic (exact) mass is 302 g/mol. The number of hydrogen-bond acceptors (Lipinski definition) is 5. The van der Waals surface area contributed by atoms with Crippen LogP contribution in [-0.4, -0.2) is 40.5 Å². The molecule has 0 bridgehead atoms. The molecule has 2 aliphatic heterocycles. The van der Waals surface area contributed by atoms with Gasteiger partial charge in [0.15, 0.2) is 0 Å². The zero-order valence-electron chi connectivity index (χ0n) is 12.7. The fourth-order valence-electron chi connectivity index (χ4n) is 3.05. The first-order chi connectivity index (χ1) is 10.3. The molecule has 1 amide bonds. The predicted molar refractivity (Wildman–Crippen MR) is 77.3 cm³/mol. The van der Waals surface area contributed by atoms with Crippen molar-refractivity contribution in [2.24, 2.45) is 0 Å². The molecular formula is C16H18N2O4. The van der Waals surface area contributed by atoms with Crippen LogP contribution in [0.4, 0.5) is 4.79 Å². The second kappa shape index (κ2) is 4.89. The van der Waals surface area contributed by atoms with E-state index in [1.54, 1.807) is 32.0 Å². The minimum absolute atomic E-state index is 0.153. The van der Waals surface area contributed by atoms with Gasteiger partial charge in [0, 0.05) is 5.56 Å². The molecule has 0 unspecified atom stereocenters. The number of ether oxygens (including phenoxy) is 2. The van der Waals surface area contributed by atoms with Crippen LogP contribution in [-0.2, 0) is 4.74 Å². The lowest BCUT2D eigenvalue weighted by atomic mass is 9.84. The zero-order chi connectivity index (χ0) is 16.1. The lowest BCUT2D eigenvalue weighted by Crippen LogP contribution is -2.55. The summed E-state index contributed by atoms with van der Waals surface area (Å²) in [6, 6.07) is 6.36. The highest BCUT2D eigenvalue weighted by molar-refractivity contribution is 5.71. The first-order valence-corrected chi connectivity index (χ1v) is 7.21. The maximum Gasteiger partial charge on any atom is 0.410 e. The number of carbonyl (C=O) groups is 1. The van der Waals surface area contributed by atoms with Crippen LogP contribution in [0.15, 0.2) is 18.2 Å². The van der Waals surface area contributed by atoms with Crippen LogP contribution in [0.25, 0.3) is 0 Å². The van der Waals surface area contributed by atoms with E-state index in [0.717, 1.165) is 0 Å². The third kappa shape index (κ3) is 2.09. The Bertz CT molecular complexity index is 665. The van der Waals surface area contributed by atoms with Crippen LogP contribution in [0.3, 0.4) is 0 Å². The van der Waals surface area contributed by atoms with E-state index in [0.29, 0.717) is 16.9 Å². The van der Waals surface area contributed by atoms with Crippen molar-refractivity contribution in [1.29, 1.82) is 5.26 Å².